The summed E-state index contributed by atoms with van der Waals surface area (Å²) in [5.41, 5.74) is 6.03. The van der Waals surface area contributed by atoms with Crippen LogP contribution in [0.2, 0.25) is 0 Å². The molecule has 0 aliphatic carbocycles. The molecule has 1 aromatic carbocycles. The highest BCUT2D eigenvalue weighted by Crippen LogP contribution is 2.36. The number of rotatable bonds is 3. The van der Waals surface area contributed by atoms with Crippen LogP contribution in [0.3, 0.4) is 0 Å². The van der Waals surface area contributed by atoms with E-state index in [-0.39, 0.29) is 5.75 Å². The van der Waals surface area contributed by atoms with Gasteiger partial charge in [0.2, 0.25) is 0 Å². The van der Waals surface area contributed by atoms with Gasteiger partial charge in [-0.15, -0.1) is 11.3 Å². The van der Waals surface area contributed by atoms with E-state index < -0.39 is 0 Å². The Labute approximate surface area is 173 Å². The average Bonchev–Trinajstić information content (AvgIpc) is 2.86. The number of hydrogen-bond donors (Lipinski definition) is 2. The molecule has 0 unspecified atom stereocenters. The maximum Gasteiger partial charge on any atom is 0.195 e. The van der Waals surface area contributed by atoms with Gasteiger partial charge >= 0.3 is 0 Å². The van der Waals surface area contributed by atoms with Gasteiger partial charge in [0.25, 0.3) is 0 Å². The number of anilines is 1. The molecule has 2 N–H and O–H groups in total. The van der Waals surface area contributed by atoms with Crippen LogP contribution in [0.25, 0.3) is 0 Å². The topological polar surface area (TPSA) is 60.8 Å². The Bertz CT molecular complexity index is 1090. The number of pyridine rings is 1. The minimum Gasteiger partial charge on any atom is -0.507 e. The number of hydrogen-bond acceptors (Lipinski definition) is 5. The molecule has 28 heavy (non-hydrogen) atoms. The highest BCUT2D eigenvalue weighted by atomic mass is 32.1. The zero-order valence-corrected chi connectivity index (χ0v) is 17.5. The maximum absolute atomic E-state index is 10.1. The minimum absolute atomic E-state index is 0.177. The van der Waals surface area contributed by atoms with Crippen molar-refractivity contribution in [2.75, 3.05) is 5.32 Å². The Hall–Kier alpha value is -2.77. The van der Waals surface area contributed by atoms with Gasteiger partial charge in [-0.25, -0.2) is 5.01 Å². The van der Waals surface area contributed by atoms with Crippen LogP contribution in [0.1, 0.15) is 32.7 Å². The van der Waals surface area contributed by atoms with E-state index >= 15 is 0 Å². The predicted octanol–water partition coefficient (Wildman–Crippen LogP) is 4.74. The van der Waals surface area contributed by atoms with Gasteiger partial charge in [-0.1, -0.05) is 29.8 Å². The first kappa shape index (κ1) is 18.6. The van der Waals surface area contributed by atoms with E-state index in [1.54, 1.807) is 34.8 Å². The van der Waals surface area contributed by atoms with Gasteiger partial charge in [-0.3, -0.25) is 4.98 Å². The first-order valence-corrected chi connectivity index (χ1v) is 10.1. The van der Waals surface area contributed by atoms with E-state index in [9.17, 15) is 5.11 Å². The van der Waals surface area contributed by atoms with E-state index in [2.05, 4.69) is 55.3 Å². The zero-order chi connectivity index (χ0) is 19.8. The van der Waals surface area contributed by atoms with Crippen molar-refractivity contribution >= 4 is 39.4 Å². The summed E-state index contributed by atoms with van der Waals surface area (Å²) in [6, 6.07) is 9.90. The second kappa shape index (κ2) is 7.33. The second-order valence-electron chi connectivity index (χ2n) is 6.79. The van der Waals surface area contributed by atoms with E-state index in [1.165, 1.54) is 16.0 Å². The lowest BCUT2D eigenvalue weighted by molar-refractivity contribution is 0.417. The standard InChI is InChI=1S/C21H20N4OS2/c1-12-4-6-15(7-5-12)19-18-13(2)14(3)28-20(18)23-21(27)25(24-19)11-16-10-22-9-8-17(16)26/h4-10H,11H2,1-3H3,(H,22,26)(H,23,27). The molecule has 1 aliphatic heterocycles. The van der Waals surface area contributed by atoms with Crippen LogP contribution < -0.4 is 5.32 Å². The molecular weight excluding hydrogens is 388 g/mol. The Balaban J connectivity index is 1.85. The molecule has 0 amide bonds. The fraction of sp³-hybridized carbons (Fsp3) is 0.190. The predicted molar refractivity (Wildman–Crippen MR) is 118 cm³/mol. The lowest BCUT2D eigenvalue weighted by atomic mass is 9.99. The van der Waals surface area contributed by atoms with E-state index in [0.29, 0.717) is 17.2 Å². The third-order valence-electron chi connectivity index (χ3n) is 4.82. The van der Waals surface area contributed by atoms with Crippen molar-refractivity contribution in [1.29, 1.82) is 0 Å². The molecule has 5 nitrogen and oxygen atoms in total. The molecule has 3 heterocycles. The molecule has 1 aliphatic rings. The summed E-state index contributed by atoms with van der Waals surface area (Å²) in [6.07, 6.45) is 3.19. The minimum atomic E-state index is 0.177. The molecule has 7 heteroatoms. The SMILES string of the molecule is Cc1ccc(C2=NN(Cc3cnccc3O)C(=S)Nc3sc(C)c(C)c32)cc1. The van der Waals surface area contributed by atoms with Crippen LogP contribution >= 0.6 is 23.6 Å². The number of hydrazone groups is 1. The monoisotopic (exact) mass is 408 g/mol. The molecule has 0 atom stereocenters. The van der Waals surface area contributed by atoms with Gasteiger partial charge in [0.15, 0.2) is 5.11 Å². The molecule has 142 valence electrons. The average molecular weight is 409 g/mol. The molecule has 3 aromatic rings. The zero-order valence-electron chi connectivity index (χ0n) is 15.9. The van der Waals surface area contributed by atoms with Crippen molar-refractivity contribution < 1.29 is 5.11 Å². The summed E-state index contributed by atoms with van der Waals surface area (Å²) in [5.74, 6) is 0.177. The second-order valence-corrected chi connectivity index (χ2v) is 8.41. The van der Waals surface area contributed by atoms with Crippen molar-refractivity contribution in [3.05, 3.63) is 75.4 Å². The Morgan fingerprint density at radius 1 is 1.14 bits per heavy atom. The van der Waals surface area contributed by atoms with Crippen LogP contribution in [0.5, 0.6) is 5.75 Å². The number of thiophene rings is 1. The smallest absolute Gasteiger partial charge is 0.195 e. The molecule has 0 fully saturated rings. The number of aromatic hydroxyl groups is 1. The van der Waals surface area contributed by atoms with Gasteiger partial charge in [-0.2, -0.15) is 5.10 Å². The number of fused-ring (bicyclic) bond motifs is 1. The number of thiocarbonyl (C=S) groups is 1. The maximum atomic E-state index is 10.1. The van der Waals surface area contributed by atoms with Crippen LogP contribution in [0.4, 0.5) is 5.00 Å². The van der Waals surface area contributed by atoms with Gasteiger partial charge in [0.1, 0.15) is 16.5 Å². The number of nitrogens with one attached hydrogen (secondary N) is 1. The van der Waals surface area contributed by atoms with Gasteiger partial charge < -0.3 is 10.4 Å². The van der Waals surface area contributed by atoms with Crippen molar-refractivity contribution in [3.8, 4) is 5.75 Å². The number of aromatic nitrogens is 1. The fourth-order valence-electron chi connectivity index (χ4n) is 3.10. The summed E-state index contributed by atoms with van der Waals surface area (Å²) in [7, 11) is 0. The molecule has 0 saturated carbocycles. The summed E-state index contributed by atoms with van der Waals surface area (Å²) in [5, 5.41) is 21.6. The Morgan fingerprint density at radius 2 is 1.89 bits per heavy atom. The van der Waals surface area contributed by atoms with E-state index in [0.717, 1.165) is 21.8 Å². The molecule has 0 bridgehead atoms. The summed E-state index contributed by atoms with van der Waals surface area (Å²) in [4.78, 5) is 5.34. The molecule has 2 aromatic heterocycles. The Kier molecular flexibility index (Phi) is 4.87. The summed E-state index contributed by atoms with van der Waals surface area (Å²) in [6.45, 7) is 6.62. The third-order valence-corrected chi connectivity index (χ3v) is 6.26. The highest BCUT2D eigenvalue weighted by Gasteiger charge is 2.26. The van der Waals surface area contributed by atoms with Crippen LogP contribution in [0, 0.1) is 20.8 Å². The van der Waals surface area contributed by atoms with Crippen molar-refractivity contribution in [1.82, 2.24) is 9.99 Å². The lowest BCUT2D eigenvalue weighted by Gasteiger charge is -2.19. The van der Waals surface area contributed by atoms with Gasteiger partial charge in [0, 0.05) is 34.0 Å². The van der Waals surface area contributed by atoms with Crippen LogP contribution in [-0.2, 0) is 6.54 Å². The van der Waals surface area contributed by atoms with E-state index in [1.807, 2.05) is 0 Å². The number of aryl methyl sites for hydroxylation is 2. The van der Waals surface area contributed by atoms with Crippen molar-refractivity contribution in [2.45, 2.75) is 27.3 Å². The molecular formula is C21H20N4OS2. The van der Waals surface area contributed by atoms with Crippen LogP contribution in [-0.4, -0.2) is 25.9 Å². The largest absolute Gasteiger partial charge is 0.507 e. The summed E-state index contributed by atoms with van der Waals surface area (Å²) < 4.78 is 0. The Morgan fingerprint density at radius 3 is 2.61 bits per heavy atom. The quantitative estimate of drug-likeness (QED) is 0.613. The van der Waals surface area contributed by atoms with Gasteiger partial charge in [0.05, 0.1) is 6.54 Å². The first-order valence-electron chi connectivity index (χ1n) is 8.90. The lowest BCUT2D eigenvalue weighted by Crippen LogP contribution is -2.29. The third kappa shape index (κ3) is 3.39. The number of benzene rings is 1. The summed E-state index contributed by atoms with van der Waals surface area (Å²) >= 11 is 7.30. The fourth-order valence-corrected chi connectivity index (χ4v) is 4.43. The number of nitrogens with zero attached hydrogens (tertiary/aromatic N) is 3. The highest BCUT2D eigenvalue weighted by molar-refractivity contribution is 7.80. The van der Waals surface area contributed by atoms with Crippen LogP contribution in [0.15, 0.2) is 47.8 Å². The van der Waals surface area contributed by atoms with E-state index in [4.69, 9.17) is 17.3 Å². The van der Waals surface area contributed by atoms with Crippen molar-refractivity contribution in [2.24, 2.45) is 5.10 Å². The molecule has 4 rings (SSSR count). The molecule has 0 spiro atoms. The van der Waals surface area contributed by atoms with Crippen molar-refractivity contribution in [3.63, 3.8) is 0 Å². The molecule has 0 radical (unpaired) electrons. The first-order chi connectivity index (χ1) is 13.4. The normalized spacial score (nSPS) is 13.6. The molecule has 0 saturated heterocycles. The van der Waals surface area contributed by atoms with Gasteiger partial charge in [-0.05, 0) is 44.6 Å².